The average Bonchev–Trinajstić information content (AvgIpc) is 2.85. The number of hydrogen-bond donors (Lipinski definition) is 2. The lowest BCUT2D eigenvalue weighted by Gasteiger charge is -2.21. The molecule has 3 unspecified atom stereocenters. The number of hydrogen-bond acceptors (Lipinski definition) is 4. The fourth-order valence-electron chi connectivity index (χ4n) is 2.51. The second-order valence-corrected chi connectivity index (χ2v) is 4.84. The van der Waals surface area contributed by atoms with E-state index in [1.807, 2.05) is 0 Å². The van der Waals surface area contributed by atoms with Crippen molar-refractivity contribution in [2.24, 2.45) is 17.6 Å². The second kappa shape index (κ2) is 5.01. The van der Waals surface area contributed by atoms with Gasteiger partial charge in [-0.05, 0) is 12.3 Å². The van der Waals surface area contributed by atoms with E-state index in [1.165, 1.54) is 0 Å². The summed E-state index contributed by atoms with van der Waals surface area (Å²) in [5.41, 5.74) is 5.80. The standard InChI is InChI=1S/C11H18N2O4/c12-9-6-17-5-8(9)11(16)13-2-1-7(4-13)3-10(14)15/h7-9H,1-6,12H2,(H,14,15). The predicted molar refractivity (Wildman–Crippen MR) is 59.2 cm³/mol. The molecule has 2 rings (SSSR count). The first-order valence-corrected chi connectivity index (χ1v) is 5.92. The fourth-order valence-corrected chi connectivity index (χ4v) is 2.51. The maximum atomic E-state index is 12.1. The highest BCUT2D eigenvalue weighted by Crippen LogP contribution is 2.23. The van der Waals surface area contributed by atoms with E-state index < -0.39 is 5.97 Å². The number of nitrogens with zero attached hydrogens (tertiary/aromatic N) is 1. The molecule has 2 aliphatic rings. The zero-order valence-corrected chi connectivity index (χ0v) is 9.67. The van der Waals surface area contributed by atoms with Gasteiger partial charge in [0.2, 0.25) is 5.91 Å². The van der Waals surface area contributed by atoms with Crippen LogP contribution in [0.3, 0.4) is 0 Å². The van der Waals surface area contributed by atoms with Crippen molar-refractivity contribution in [3.8, 4) is 0 Å². The molecule has 0 aromatic heterocycles. The molecule has 6 nitrogen and oxygen atoms in total. The van der Waals surface area contributed by atoms with Crippen LogP contribution in [0, 0.1) is 11.8 Å². The monoisotopic (exact) mass is 242 g/mol. The summed E-state index contributed by atoms with van der Waals surface area (Å²) in [6, 6.07) is -0.221. The number of amides is 1. The van der Waals surface area contributed by atoms with Gasteiger partial charge in [0, 0.05) is 25.6 Å². The molecule has 17 heavy (non-hydrogen) atoms. The highest BCUT2D eigenvalue weighted by atomic mass is 16.5. The molecule has 3 atom stereocenters. The van der Waals surface area contributed by atoms with Crippen LogP contribution in [0.25, 0.3) is 0 Å². The third kappa shape index (κ3) is 2.76. The van der Waals surface area contributed by atoms with Gasteiger partial charge in [0.05, 0.1) is 19.1 Å². The molecule has 0 spiro atoms. The molecule has 96 valence electrons. The van der Waals surface area contributed by atoms with Crippen LogP contribution in [-0.4, -0.2) is 54.2 Å². The number of carboxylic acids is 1. The molecule has 2 fully saturated rings. The van der Waals surface area contributed by atoms with Crippen molar-refractivity contribution in [1.82, 2.24) is 4.90 Å². The molecule has 6 heteroatoms. The number of carbonyl (C=O) groups is 2. The Labute approximate surface area is 99.7 Å². The van der Waals surface area contributed by atoms with Gasteiger partial charge in [0.15, 0.2) is 0 Å². The number of ether oxygens (including phenoxy) is 1. The van der Waals surface area contributed by atoms with Crippen molar-refractivity contribution in [3.63, 3.8) is 0 Å². The Morgan fingerprint density at radius 3 is 2.76 bits per heavy atom. The summed E-state index contributed by atoms with van der Waals surface area (Å²) in [5.74, 6) is -0.957. The Hall–Kier alpha value is -1.14. The van der Waals surface area contributed by atoms with Crippen LogP contribution in [-0.2, 0) is 14.3 Å². The van der Waals surface area contributed by atoms with Crippen LogP contribution < -0.4 is 5.73 Å². The van der Waals surface area contributed by atoms with Gasteiger partial charge in [-0.15, -0.1) is 0 Å². The Balaban J connectivity index is 1.87. The minimum atomic E-state index is -0.801. The van der Waals surface area contributed by atoms with E-state index in [1.54, 1.807) is 4.90 Å². The van der Waals surface area contributed by atoms with E-state index in [-0.39, 0.29) is 30.2 Å². The molecule has 0 aromatic carbocycles. The summed E-state index contributed by atoms with van der Waals surface area (Å²) in [6.45, 7) is 2.00. The molecule has 0 saturated carbocycles. The van der Waals surface area contributed by atoms with Gasteiger partial charge in [-0.3, -0.25) is 9.59 Å². The van der Waals surface area contributed by atoms with Crippen molar-refractivity contribution < 1.29 is 19.4 Å². The third-order valence-corrected chi connectivity index (χ3v) is 3.50. The van der Waals surface area contributed by atoms with E-state index >= 15 is 0 Å². The topological polar surface area (TPSA) is 92.9 Å². The summed E-state index contributed by atoms with van der Waals surface area (Å²) < 4.78 is 5.17. The number of aliphatic carboxylic acids is 1. The molecule has 0 aromatic rings. The highest BCUT2D eigenvalue weighted by Gasteiger charge is 2.37. The second-order valence-electron chi connectivity index (χ2n) is 4.84. The molecule has 0 aliphatic carbocycles. The summed E-state index contributed by atoms with van der Waals surface area (Å²) in [7, 11) is 0. The van der Waals surface area contributed by atoms with Gasteiger partial charge in [-0.2, -0.15) is 0 Å². The van der Waals surface area contributed by atoms with Gasteiger partial charge in [0.25, 0.3) is 0 Å². The molecule has 0 radical (unpaired) electrons. The Morgan fingerprint density at radius 1 is 1.41 bits per heavy atom. The van der Waals surface area contributed by atoms with Gasteiger partial charge in [0.1, 0.15) is 0 Å². The summed E-state index contributed by atoms with van der Waals surface area (Å²) >= 11 is 0. The molecule has 2 saturated heterocycles. The minimum absolute atomic E-state index is 0.0166. The lowest BCUT2D eigenvalue weighted by Crippen LogP contribution is -2.42. The quantitative estimate of drug-likeness (QED) is 0.681. The van der Waals surface area contributed by atoms with E-state index in [0.717, 1.165) is 6.42 Å². The first-order chi connectivity index (χ1) is 8.08. The number of likely N-dealkylation sites (tertiary alicyclic amines) is 1. The van der Waals surface area contributed by atoms with Crippen molar-refractivity contribution in [2.75, 3.05) is 26.3 Å². The van der Waals surface area contributed by atoms with Gasteiger partial charge < -0.3 is 20.5 Å². The Bertz CT molecular complexity index is 321. The maximum absolute atomic E-state index is 12.1. The molecular weight excluding hydrogens is 224 g/mol. The van der Waals surface area contributed by atoms with Crippen LogP contribution in [0.1, 0.15) is 12.8 Å². The zero-order chi connectivity index (χ0) is 12.4. The molecule has 3 N–H and O–H groups in total. The van der Waals surface area contributed by atoms with Crippen LogP contribution >= 0.6 is 0 Å². The van der Waals surface area contributed by atoms with Crippen molar-refractivity contribution in [3.05, 3.63) is 0 Å². The lowest BCUT2D eigenvalue weighted by atomic mass is 10.0. The van der Waals surface area contributed by atoms with Gasteiger partial charge in [-0.25, -0.2) is 0 Å². The maximum Gasteiger partial charge on any atom is 0.303 e. The van der Waals surface area contributed by atoms with E-state index in [4.69, 9.17) is 15.6 Å². The molecule has 2 aliphatic heterocycles. The van der Waals surface area contributed by atoms with E-state index in [0.29, 0.717) is 26.3 Å². The van der Waals surface area contributed by atoms with Crippen molar-refractivity contribution in [2.45, 2.75) is 18.9 Å². The zero-order valence-electron chi connectivity index (χ0n) is 9.67. The molecule has 0 bridgehead atoms. The van der Waals surface area contributed by atoms with Crippen LogP contribution in [0.15, 0.2) is 0 Å². The predicted octanol–water partition coefficient (Wildman–Crippen LogP) is -0.717. The molecule has 1 amide bonds. The van der Waals surface area contributed by atoms with Crippen LogP contribution in [0.2, 0.25) is 0 Å². The summed E-state index contributed by atoms with van der Waals surface area (Å²) in [6.07, 6.45) is 0.901. The fraction of sp³-hybridized carbons (Fsp3) is 0.818. The first kappa shape index (κ1) is 12.3. The lowest BCUT2D eigenvalue weighted by molar-refractivity contribution is -0.139. The van der Waals surface area contributed by atoms with Crippen LogP contribution in [0.4, 0.5) is 0 Å². The Morgan fingerprint density at radius 2 is 2.18 bits per heavy atom. The average molecular weight is 242 g/mol. The normalized spacial score (nSPS) is 33.0. The number of carboxylic acid groups (broad SMARTS) is 1. The van der Waals surface area contributed by atoms with E-state index in [9.17, 15) is 9.59 Å². The highest BCUT2D eigenvalue weighted by molar-refractivity contribution is 5.80. The third-order valence-electron chi connectivity index (χ3n) is 3.50. The van der Waals surface area contributed by atoms with Crippen LogP contribution in [0.5, 0.6) is 0 Å². The number of nitrogens with two attached hydrogens (primary N) is 1. The first-order valence-electron chi connectivity index (χ1n) is 5.92. The van der Waals surface area contributed by atoms with Crippen molar-refractivity contribution in [1.29, 1.82) is 0 Å². The Kier molecular flexibility index (Phi) is 3.63. The molecular formula is C11H18N2O4. The van der Waals surface area contributed by atoms with E-state index in [2.05, 4.69) is 0 Å². The smallest absolute Gasteiger partial charge is 0.303 e. The molecule has 2 heterocycles. The SMILES string of the molecule is NC1COCC1C(=O)N1CCC(CC(=O)O)C1. The van der Waals surface area contributed by atoms with Gasteiger partial charge in [-0.1, -0.05) is 0 Å². The van der Waals surface area contributed by atoms with Crippen molar-refractivity contribution >= 4 is 11.9 Å². The van der Waals surface area contributed by atoms with Gasteiger partial charge >= 0.3 is 5.97 Å². The summed E-state index contributed by atoms with van der Waals surface area (Å²) in [5, 5.41) is 8.71. The number of rotatable bonds is 3. The number of carbonyl (C=O) groups excluding carboxylic acids is 1. The minimum Gasteiger partial charge on any atom is -0.481 e. The largest absolute Gasteiger partial charge is 0.481 e. The summed E-state index contributed by atoms with van der Waals surface area (Å²) in [4.78, 5) is 24.4.